The molecule has 1 heterocycles. The monoisotopic (exact) mass is 355 g/mol. The summed E-state index contributed by atoms with van der Waals surface area (Å²) < 4.78 is 27.5. The Morgan fingerprint density at radius 2 is 2.08 bits per heavy atom. The number of nitrogens with zero attached hydrogens (tertiary/aromatic N) is 1. The Labute approximate surface area is 141 Å². The average molecular weight is 355 g/mol. The van der Waals surface area contributed by atoms with Gasteiger partial charge in [-0.2, -0.15) is 0 Å². The number of carbonyl (C=O) groups is 2. The highest BCUT2D eigenvalue weighted by Gasteiger charge is 2.39. The number of rotatable bonds is 7. The zero-order chi connectivity index (χ0) is 17.6. The second kappa shape index (κ2) is 8.31. The van der Waals surface area contributed by atoms with E-state index in [9.17, 15) is 14.2 Å². The smallest absolute Gasteiger partial charge is 0.413 e. The molecule has 0 aliphatic carbocycles. The van der Waals surface area contributed by atoms with Crippen LogP contribution in [0.25, 0.3) is 0 Å². The Bertz CT molecular complexity index is 620. The molecule has 2 atom stereocenters. The molecule has 1 aromatic rings. The van der Waals surface area contributed by atoms with Gasteiger partial charge in [0.05, 0.1) is 6.61 Å². The highest BCUT2D eigenvalue weighted by molar-refractivity contribution is 7.58. The minimum Gasteiger partial charge on any atom is -0.444 e. The van der Waals surface area contributed by atoms with Crippen LogP contribution in [0.1, 0.15) is 18.9 Å². The predicted octanol–water partition coefficient (Wildman–Crippen LogP) is 2.84. The molecule has 1 unspecified atom stereocenters. The van der Waals surface area contributed by atoms with E-state index in [1.807, 2.05) is 30.3 Å². The molecule has 0 radical (unpaired) electrons. The molecule has 132 valence electrons. The summed E-state index contributed by atoms with van der Waals surface area (Å²) in [5.41, 5.74) is 0.850. The highest BCUT2D eigenvalue weighted by atomic mass is 31.2. The lowest BCUT2D eigenvalue weighted by Gasteiger charge is -2.21. The normalized spacial score (nSPS) is 19.7. The van der Waals surface area contributed by atoms with Crippen molar-refractivity contribution in [3.8, 4) is 0 Å². The van der Waals surface area contributed by atoms with Gasteiger partial charge >= 0.3 is 12.1 Å². The first-order chi connectivity index (χ1) is 11.4. The van der Waals surface area contributed by atoms with Crippen molar-refractivity contribution in [2.24, 2.45) is 0 Å². The van der Waals surface area contributed by atoms with Gasteiger partial charge in [-0.25, -0.2) is 9.59 Å². The summed E-state index contributed by atoms with van der Waals surface area (Å²) in [6.45, 7) is 3.58. The summed E-state index contributed by atoms with van der Waals surface area (Å²) in [7, 11) is -2.78. The van der Waals surface area contributed by atoms with Crippen LogP contribution < -0.4 is 0 Å². The molecule has 1 aliphatic heterocycles. The van der Waals surface area contributed by atoms with Crippen LogP contribution in [0.2, 0.25) is 0 Å². The Morgan fingerprint density at radius 1 is 1.38 bits per heavy atom. The number of benzene rings is 1. The third-order valence-corrected chi connectivity index (χ3v) is 5.52. The lowest BCUT2D eigenvalue weighted by atomic mass is 10.2. The van der Waals surface area contributed by atoms with Crippen molar-refractivity contribution in [3.63, 3.8) is 0 Å². The Balaban J connectivity index is 1.91. The number of hydrogen-bond acceptors (Lipinski definition) is 6. The average Bonchev–Trinajstić information content (AvgIpc) is 2.92. The molecule has 0 saturated carbocycles. The minimum atomic E-state index is -2.78. The molecular weight excluding hydrogens is 333 g/mol. The van der Waals surface area contributed by atoms with Crippen LogP contribution in [0.3, 0.4) is 0 Å². The van der Waals surface area contributed by atoms with Gasteiger partial charge in [0.2, 0.25) is 0 Å². The van der Waals surface area contributed by atoms with Gasteiger partial charge in [-0.05, 0) is 18.9 Å². The van der Waals surface area contributed by atoms with Gasteiger partial charge in [0, 0.05) is 12.8 Å². The summed E-state index contributed by atoms with van der Waals surface area (Å²) in [6, 6.07) is 8.46. The molecule has 1 fully saturated rings. The summed E-state index contributed by atoms with van der Waals surface area (Å²) in [6.07, 6.45) is -0.215. The van der Waals surface area contributed by atoms with Crippen LogP contribution >= 0.6 is 7.37 Å². The molecule has 0 aromatic heterocycles. The number of carbonyl (C=O) groups excluding carboxylic acids is 2. The summed E-state index contributed by atoms with van der Waals surface area (Å²) in [5.74, 6) is -0.511. The van der Waals surface area contributed by atoms with E-state index < -0.39 is 25.5 Å². The number of cyclic esters (lactones) is 1. The molecule has 24 heavy (non-hydrogen) atoms. The van der Waals surface area contributed by atoms with Gasteiger partial charge in [0.25, 0.3) is 0 Å². The molecular formula is C16H22NO6P. The van der Waals surface area contributed by atoms with Crippen molar-refractivity contribution in [3.05, 3.63) is 35.9 Å². The van der Waals surface area contributed by atoms with E-state index in [-0.39, 0.29) is 25.9 Å². The van der Waals surface area contributed by atoms with Crippen molar-refractivity contribution < 1.29 is 28.2 Å². The second-order valence-corrected chi connectivity index (χ2v) is 8.30. The number of amides is 1. The first kappa shape index (κ1) is 18.5. The molecule has 8 heteroatoms. The van der Waals surface area contributed by atoms with Crippen LogP contribution in [-0.2, 0) is 30.0 Å². The lowest BCUT2D eigenvalue weighted by Crippen LogP contribution is -2.39. The van der Waals surface area contributed by atoms with Crippen molar-refractivity contribution in [1.82, 2.24) is 4.90 Å². The maximum Gasteiger partial charge on any atom is 0.413 e. The molecule has 2 rings (SSSR count). The first-order valence-corrected chi connectivity index (χ1v) is 10.0. The van der Waals surface area contributed by atoms with Crippen molar-refractivity contribution in [1.29, 1.82) is 0 Å². The highest BCUT2D eigenvalue weighted by Crippen LogP contribution is 2.43. The first-order valence-electron chi connectivity index (χ1n) is 7.78. The van der Waals surface area contributed by atoms with Crippen LogP contribution in [0.15, 0.2) is 30.3 Å². The molecule has 1 saturated heterocycles. The van der Waals surface area contributed by atoms with E-state index in [4.69, 9.17) is 14.0 Å². The number of esters is 1. The van der Waals surface area contributed by atoms with Gasteiger partial charge in [0.1, 0.15) is 12.6 Å². The zero-order valence-corrected chi connectivity index (χ0v) is 14.7. The molecule has 1 amide bonds. The standard InChI is InChI=1S/C16H22NO6P/c1-3-23-24(2,20)10-9-14-15(18)22-12-17(14)16(19)21-11-13-7-5-4-6-8-13/h4-8,14H,3,9-12H2,1-2H3/t14-,24?/m0/s1. The van der Waals surface area contributed by atoms with Crippen molar-refractivity contribution >= 4 is 19.4 Å². The Kier molecular flexibility index (Phi) is 6.40. The van der Waals surface area contributed by atoms with Gasteiger partial charge in [-0.15, -0.1) is 0 Å². The quantitative estimate of drug-likeness (QED) is 0.552. The topological polar surface area (TPSA) is 82.1 Å². The van der Waals surface area contributed by atoms with E-state index in [1.54, 1.807) is 6.92 Å². The van der Waals surface area contributed by atoms with Gasteiger partial charge in [-0.3, -0.25) is 9.46 Å². The molecule has 1 aromatic carbocycles. The zero-order valence-electron chi connectivity index (χ0n) is 13.8. The molecule has 0 spiro atoms. The Hall–Kier alpha value is -1.85. The van der Waals surface area contributed by atoms with Crippen LogP contribution in [0.5, 0.6) is 0 Å². The van der Waals surface area contributed by atoms with Crippen LogP contribution in [0, 0.1) is 0 Å². The number of ether oxygens (including phenoxy) is 2. The van der Waals surface area contributed by atoms with Gasteiger partial charge in [-0.1, -0.05) is 30.3 Å². The Morgan fingerprint density at radius 3 is 2.75 bits per heavy atom. The predicted molar refractivity (Wildman–Crippen MR) is 87.9 cm³/mol. The number of hydrogen-bond donors (Lipinski definition) is 0. The van der Waals surface area contributed by atoms with E-state index in [2.05, 4.69) is 0 Å². The maximum atomic E-state index is 12.2. The summed E-state index contributed by atoms with van der Waals surface area (Å²) >= 11 is 0. The SMILES string of the molecule is CCOP(C)(=O)CC[C@H]1C(=O)OCN1C(=O)OCc1ccccc1. The van der Waals surface area contributed by atoms with E-state index >= 15 is 0 Å². The van der Waals surface area contributed by atoms with Crippen LogP contribution in [0.4, 0.5) is 4.79 Å². The molecule has 0 N–H and O–H groups in total. The fraction of sp³-hybridized carbons (Fsp3) is 0.500. The second-order valence-electron chi connectivity index (χ2n) is 5.56. The fourth-order valence-corrected chi connectivity index (χ4v) is 3.79. The van der Waals surface area contributed by atoms with E-state index in [0.29, 0.717) is 6.61 Å². The molecule has 7 nitrogen and oxygen atoms in total. The van der Waals surface area contributed by atoms with Gasteiger partial charge in [0.15, 0.2) is 14.1 Å². The summed E-state index contributed by atoms with van der Waals surface area (Å²) in [4.78, 5) is 25.3. The third kappa shape index (κ3) is 5.08. The molecule has 1 aliphatic rings. The maximum absolute atomic E-state index is 12.2. The van der Waals surface area contributed by atoms with Crippen molar-refractivity contribution in [2.45, 2.75) is 26.0 Å². The molecule has 0 bridgehead atoms. The van der Waals surface area contributed by atoms with Crippen LogP contribution in [-0.4, -0.2) is 49.2 Å². The third-order valence-electron chi connectivity index (χ3n) is 3.64. The minimum absolute atomic E-state index is 0.113. The fourth-order valence-electron chi connectivity index (χ4n) is 2.40. The van der Waals surface area contributed by atoms with Gasteiger partial charge < -0.3 is 14.0 Å². The lowest BCUT2D eigenvalue weighted by molar-refractivity contribution is -0.139. The largest absolute Gasteiger partial charge is 0.444 e. The summed E-state index contributed by atoms with van der Waals surface area (Å²) in [5, 5.41) is 0. The van der Waals surface area contributed by atoms with Crippen molar-refractivity contribution in [2.75, 3.05) is 26.2 Å². The van der Waals surface area contributed by atoms with E-state index in [1.165, 1.54) is 11.6 Å². The van der Waals surface area contributed by atoms with E-state index in [0.717, 1.165) is 5.56 Å².